The lowest BCUT2D eigenvalue weighted by Crippen LogP contribution is -2.30. The van der Waals surface area contributed by atoms with Crippen molar-refractivity contribution in [1.29, 1.82) is 0 Å². The maximum Gasteiger partial charge on any atom is 0.115 e. The highest BCUT2D eigenvalue weighted by atomic mass is 16.3. The summed E-state index contributed by atoms with van der Waals surface area (Å²) in [6, 6.07) is 7.92. The highest BCUT2D eigenvalue weighted by molar-refractivity contribution is 5.29. The van der Waals surface area contributed by atoms with Crippen molar-refractivity contribution in [2.24, 2.45) is 5.92 Å². The van der Waals surface area contributed by atoms with Crippen LogP contribution in [0.4, 0.5) is 0 Å². The molecule has 0 aromatic heterocycles. The largest absolute Gasteiger partial charge is 0.508 e. The Hall–Kier alpha value is -1.02. The number of hydrogen-bond donors (Lipinski definition) is 1. The van der Waals surface area contributed by atoms with Gasteiger partial charge in [-0.1, -0.05) is 32.9 Å². The zero-order valence-corrected chi connectivity index (χ0v) is 10.8. The van der Waals surface area contributed by atoms with Gasteiger partial charge in [0.15, 0.2) is 0 Å². The third-order valence-electron chi connectivity index (χ3n) is 2.91. The van der Waals surface area contributed by atoms with Crippen LogP contribution in [0.5, 0.6) is 5.75 Å². The molecule has 16 heavy (non-hydrogen) atoms. The molecule has 0 radical (unpaired) electrons. The van der Waals surface area contributed by atoms with Gasteiger partial charge < -0.3 is 5.11 Å². The average molecular weight is 221 g/mol. The maximum absolute atomic E-state index is 9.48. The molecule has 2 heteroatoms. The molecule has 1 N–H and O–H groups in total. The minimum Gasteiger partial charge on any atom is -0.508 e. The standard InChI is InChI=1S/C14H23NO/c1-5-15(10-11(2)3)12(4)13-7-6-8-14(16)9-13/h6-9,11-12,16H,5,10H2,1-4H3. The predicted octanol–water partition coefficient (Wildman–Crippen LogP) is 3.43. The zero-order chi connectivity index (χ0) is 12.1. The molecule has 0 saturated carbocycles. The van der Waals surface area contributed by atoms with Gasteiger partial charge in [0, 0.05) is 12.6 Å². The van der Waals surface area contributed by atoms with E-state index in [1.54, 1.807) is 6.07 Å². The molecule has 2 nitrogen and oxygen atoms in total. The Morgan fingerprint density at radius 1 is 1.25 bits per heavy atom. The van der Waals surface area contributed by atoms with Crippen LogP contribution in [0.25, 0.3) is 0 Å². The summed E-state index contributed by atoms with van der Waals surface area (Å²) in [5, 5.41) is 9.48. The normalized spacial score (nSPS) is 13.4. The number of phenols is 1. The summed E-state index contributed by atoms with van der Waals surface area (Å²) in [4.78, 5) is 2.43. The highest BCUT2D eigenvalue weighted by Gasteiger charge is 2.15. The lowest BCUT2D eigenvalue weighted by molar-refractivity contribution is 0.197. The van der Waals surface area contributed by atoms with E-state index in [-0.39, 0.29) is 0 Å². The smallest absolute Gasteiger partial charge is 0.115 e. The van der Waals surface area contributed by atoms with Crippen molar-refractivity contribution < 1.29 is 5.11 Å². The molecule has 0 aliphatic carbocycles. The third-order valence-corrected chi connectivity index (χ3v) is 2.91. The summed E-state index contributed by atoms with van der Waals surface area (Å²) in [7, 11) is 0. The average Bonchev–Trinajstić information content (AvgIpc) is 2.24. The topological polar surface area (TPSA) is 23.5 Å². The number of phenolic OH excluding ortho intramolecular Hbond substituents is 1. The molecule has 90 valence electrons. The Bertz CT molecular complexity index is 322. The second-order valence-corrected chi connectivity index (χ2v) is 4.75. The van der Waals surface area contributed by atoms with Crippen LogP contribution in [0.15, 0.2) is 24.3 Å². The van der Waals surface area contributed by atoms with Gasteiger partial charge in [-0.2, -0.15) is 0 Å². The number of benzene rings is 1. The first-order chi connectivity index (χ1) is 7.54. The number of hydrogen-bond acceptors (Lipinski definition) is 2. The van der Waals surface area contributed by atoms with Gasteiger partial charge in [-0.05, 0) is 37.1 Å². The van der Waals surface area contributed by atoms with E-state index < -0.39 is 0 Å². The molecule has 1 rings (SSSR count). The fourth-order valence-corrected chi connectivity index (χ4v) is 2.03. The summed E-state index contributed by atoms with van der Waals surface area (Å²) in [5.41, 5.74) is 1.18. The van der Waals surface area contributed by atoms with Gasteiger partial charge in [0.2, 0.25) is 0 Å². The van der Waals surface area contributed by atoms with E-state index in [1.165, 1.54) is 5.56 Å². The minimum absolute atomic E-state index is 0.352. The number of aromatic hydroxyl groups is 1. The molecule has 1 aromatic carbocycles. The van der Waals surface area contributed by atoms with E-state index in [2.05, 4.69) is 38.7 Å². The maximum atomic E-state index is 9.48. The molecular weight excluding hydrogens is 198 g/mol. The van der Waals surface area contributed by atoms with Crippen LogP contribution in [0.1, 0.15) is 39.3 Å². The summed E-state index contributed by atoms with van der Waals surface area (Å²) >= 11 is 0. The van der Waals surface area contributed by atoms with Crippen LogP contribution in [0.2, 0.25) is 0 Å². The molecule has 0 spiro atoms. The number of nitrogens with zero attached hydrogens (tertiary/aromatic N) is 1. The third kappa shape index (κ3) is 3.53. The van der Waals surface area contributed by atoms with Gasteiger partial charge in [0.1, 0.15) is 5.75 Å². The fraction of sp³-hybridized carbons (Fsp3) is 0.571. The van der Waals surface area contributed by atoms with Crippen LogP contribution in [-0.2, 0) is 0 Å². The first kappa shape index (κ1) is 13.0. The van der Waals surface area contributed by atoms with Crippen molar-refractivity contribution in [3.8, 4) is 5.75 Å². The Balaban J connectivity index is 2.78. The van der Waals surface area contributed by atoms with Crippen molar-refractivity contribution in [2.75, 3.05) is 13.1 Å². The van der Waals surface area contributed by atoms with E-state index in [0.717, 1.165) is 13.1 Å². The molecule has 1 atom stereocenters. The Morgan fingerprint density at radius 3 is 2.44 bits per heavy atom. The van der Waals surface area contributed by atoms with Gasteiger partial charge in [-0.25, -0.2) is 0 Å². The van der Waals surface area contributed by atoms with E-state index in [4.69, 9.17) is 0 Å². The predicted molar refractivity (Wildman–Crippen MR) is 68.6 cm³/mol. The second-order valence-electron chi connectivity index (χ2n) is 4.75. The first-order valence-electron chi connectivity index (χ1n) is 6.07. The second kappa shape index (κ2) is 5.90. The van der Waals surface area contributed by atoms with E-state index in [1.807, 2.05) is 12.1 Å². The molecule has 0 aliphatic rings. The van der Waals surface area contributed by atoms with Crippen molar-refractivity contribution in [1.82, 2.24) is 4.90 Å². The molecule has 1 aromatic rings. The Morgan fingerprint density at radius 2 is 1.94 bits per heavy atom. The molecular formula is C14H23NO. The summed E-state index contributed by atoms with van der Waals surface area (Å²) in [6.07, 6.45) is 0. The van der Waals surface area contributed by atoms with Crippen LogP contribution in [0, 0.1) is 5.92 Å². The first-order valence-corrected chi connectivity index (χ1v) is 6.07. The molecule has 0 amide bonds. The Kier molecular flexibility index (Phi) is 4.81. The molecule has 0 bridgehead atoms. The van der Waals surface area contributed by atoms with E-state index in [0.29, 0.717) is 17.7 Å². The molecule has 0 fully saturated rings. The van der Waals surface area contributed by atoms with Crippen molar-refractivity contribution in [3.63, 3.8) is 0 Å². The Labute approximate surface area is 98.9 Å². The monoisotopic (exact) mass is 221 g/mol. The molecule has 1 unspecified atom stereocenters. The minimum atomic E-state index is 0.352. The van der Waals surface area contributed by atoms with E-state index in [9.17, 15) is 5.11 Å². The van der Waals surface area contributed by atoms with Crippen molar-refractivity contribution >= 4 is 0 Å². The van der Waals surface area contributed by atoms with Crippen molar-refractivity contribution in [3.05, 3.63) is 29.8 Å². The van der Waals surface area contributed by atoms with E-state index >= 15 is 0 Å². The quantitative estimate of drug-likeness (QED) is 0.823. The molecule has 0 saturated heterocycles. The SMILES string of the molecule is CCN(CC(C)C)C(C)c1cccc(O)c1. The van der Waals surface area contributed by atoms with Gasteiger partial charge in [0.25, 0.3) is 0 Å². The lowest BCUT2D eigenvalue weighted by atomic mass is 10.1. The van der Waals surface area contributed by atoms with Crippen LogP contribution in [-0.4, -0.2) is 23.1 Å². The van der Waals surface area contributed by atoms with Crippen LogP contribution < -0.4 is 0 Å². The number of rotatable bonds is 5. The molecule has 0 heterocycles. The summed E-state index contributed by atoms with van der Waals surface area (Å²) < 4.78 is 0. The highest BCUT2D eigenvalue weighted by Crippen LogP contribution is 2.23. The summed E-state index contributed by atoms with van der Waals surface area (Å²) in [6.45, 7) is 11.0. The molecule has 0 aliphatic heterocycles. The van der Waals surface area contributed by atoms with Crippen LogP contribution in [0.3, 0.4) is 0 Å². The van der Waals surface area contributed by atoms with Crippen LogP contribution >= 0.6 is 0 Å². The zero-order valence-electron chi connectivity index (χ0n) is 10.8. The lowest BCUT2D eigenvalue weighted by Gasteiger charge is -2.29. The van der Waals surface area contributed by atoms with Gasteiger partial charge in [0.05, 0.1) is 0 Å². The van der Waals surface area contributed by atoms with Gasteiger partial charge >= 0.3 is 0 Å². The van der Waals surface area contributed by atoms with Crippen molar-refractivity contribution in [2.45, 2.75) is 33.7 Å². The fourth-order valence-electron chi connectivity index (χ4n) is 2.03. The van der Waals surface area contributed by atoms with Gasteiger partial charge in [-0.15, -0.1) is 0 Å². The summed E-state index contributed by atoms with van der Waals surface area (Å²) in [5.74, 6) is 1.02. The van der Waals surface area contributed by atoms with Gasteiger partial charge in [-0.3, -0.25) is 4.90 Å².